The van der Waals surface area contributed by atoms with Crippen LogP contribution in [0.3, 0.4) is 0 Å². The van der Waals surface area contributed by atoms with E-state index < -0.39 is 12.2 Å². The predicted molar refractivity (Wildman–Crippen MR) is 106 cm³/mol. The number of aliphatic hydroxyl groups is 1. The Bertz CT molecular complexity index is 930. The van der Waals surface area contributed by atoms with Crippen LogP contribution in [-0.2, 0) is 11.2 Å². The summed E-state index contributed by atoms with van der Waals surface area (Å²) < 4.78 is 11.5. The number of hydrogen-bond donors (Lipinski definition) is 2. The third-order valence-electron chi connectivity index (χ3n) is 5.04. The molecular weight excluding hydrogens is 370 g/mol. The van der Waals surface area contributed by atoms with Gasteiger partial charge in [0.15, 0.2) is 5.76 Å². The van der Waals surface area contributed by atoms with E-state index in [1.807, 2.05) is 36.4 Å². The highest BCUT2D eigenvalue weighted by molar-refractivity contribution is 5.93. The first-order chi connectivity index (χ1) is 14.2. The average Bonchev–Trinajstić information content (AvgIpc) is 3.23. The molecule has 7 nitrogen and oxygen atoms in total. The van der Waals surface area contributed by atoms with Crippen LogP contribution in [0.25, 0.3) is 11.3 Å². The van der Waals surface area contributed by atoms with Crippen molar-refractivity contribution in [2.45, 2.75) is 37.6 Å². The minimum atomic E-state index is -0.610. The number of benzene rings is 1. The van der Waals surface area contributed by atoms with Gasteiger partial charge in [0.2, 0.25) is 0 Å². The number of nitrogens with one attached hydrogen (secondary N) is 1. The van der Waals surface area contributed by atoms with E-state index in [0.717, 1.165) is 23.4 Å². The Hall–Kier alpha value is -3.03. The van der Waals surface area contributed by atoms with Gasteiger partial charge in [0, 0.05) is 42.6 Å². The number of carbonyl (C=O) groups excluding carboxylic acids is 1. The number of aromatic nitrogens is 2. The van der Waals surface area contributed by atoms with Gasteiger partial charge >= 0.3 is 0 Å². The maximum absolute atomic E-state index is 12.2. The standard InChI is InChI=1S/C22H23N3O4/c26-19-7-6-18(12-17-13-20(29-25-17)15-4-2-1-3-5-15)28-21(19)14-24-22(27)16-8-10-23-11-9-16/h1-5,8-11,13,18-19,21,26H,6-7,12,14H2,(H,24,27). The van der Waals surface area contributed by atoms with Crippen molar-refractivity contribution in [2.75, 3.05) is 6.54 Å². The highest BCUT2D eigenvalue weighted by Crippen LogP contribution is 2.25. The van der Waals surface area contributed by atoms with E-state index in [4.69, 9.17) is 9.26 Å². The summed E-state index contributed by atoms with van der Waals surface area (Å²) in [6, 6.07) is 15.0. The molecule has 29 heavy (non-hydrogen) atoms. The van der Waals surface area contributed by atoms with Gasteiger partial charge in [-0.1, -0.05) is 35.5 Å². The van der Waals surface area contributed by atoms with Crippen LogP contribution in [0, 0.1) is 0 Å². The Kier molecular flexibility index (Phi) is 5.97. The maximum atomic E-state index is 12.2. The highest BCUT2D eigenvalue weighted by atomic mass is 16.5. The van der Waals surface area contributed by atoms with Crippen molar-refractivity contribution >= 4 is 5.91 Å². The van der Waals surface area contributed by atoms with Crippen molar-refractivity contribution in [1.82, 2.24) is 15.5 Å². The van der Waals surface area contributed by atoms with Crippen LogP contribution in [-0.4, -0.2) is 46.0 Å². The van der Waals surface area contributed by atoms with Gasteiger partial charge in [0.05, 0.1) is 17.9 Å². The molecule has 150 valence electrons. The van der Waals surface area contributed by atoms with Gasteiger partial charge in [0.1, 0.15) is 6.10 Å². The highest BCUT2D eigenvalue weighted by Gasteiger charge is 2.31. The monoisotopic (exact) mass is 393 g/mol. The lowest BCUT2D eigenvalue weighted by Gasteiger charge is -2.33. The van der Waals surface area contributed by atoms with Gasteiger partial charge in [-0.3, -0.25) is 9.78 Å². The van der Waals surface area contributed by atoms with Crippen molar-refractivity contribution in [1.29, 1.82) is 0 Å². The van der Waals surface area contributed by atoms with Crippen LogP contribution in [0.15, 0.2) is 65.4 Å². The molecule has 1 saturated heterocycles. The minimum absolute atomic E-state index is 0.0880. The van der Waals surface area contributed by atoms with Crippen molar-refractivity contribution in [2.24, 2.45) is 0 Å². The SMILES string of the molecule is O=C(NCC1OC(Cc2cc(-c3ccccc3)on2)CCC1O)c1ccncc1. The van der Waals surface area contributed by atoms with E-state index in [-0.39, 0.29) is 18.6 Å². The Morgan fingerprint density at radius 2 is 1.93 bits per heavy atom. The summed E-state index contributed by atoms with van der Waals surface area (Å²) in [4.78, 5) is 16.1. The van der Waals surface area contributed by atoms with Gasteiger partial charge in [0.25, 0.3) is 5.91 Å². The Morgan fingerprint density at radius 1 is 1.14 bits per heavy atom. The molecule has 3 heterocycles. The summed E-state index contributed by atoms with van der Waals surface area (Å²) in [6.07, 6.45) is 3.92. The zero-order valence-corrected chi connectivity index (χ0v) is 15.9. The Labute approximate surface area is 168 Å². The predicted octanol–water partition coefficient (Wildman–Crippen LogP) is 2.62. The number of hydrogen-bond acceptors (Lipinski definition) is 6. The van der Waals surface area contributed by atoms with Crippen LogP contribution in [0.4, 0.5) is 0 Å². The van der Waals surface area contributed by atoms with Crippen LogP contribution >= 0.6 is 0 Å². The molecule has 0 aliphatic carbocycles. The molecule has 1 fully saturated rings. The maximum Gasteiger partial charge on any atom is 0.251 e. The lowest BCUT2D eigenvalue weighted by atomic mass is 9.98. The minimum Gasteiger partial charge on any atom is -0.390 e. The molecule has 1 aliphatic heterocycles. The van der Waals surface area contributed by atoms with Crippen LogP contribution in [0.2, 0.25) is 0 Å². The first-order valence-corrected chi connectivity index (χ1v) is 9.72. The molecule has 1 amide bonds. The van der Waals surface area contributed by atoms with Gasteiger partial charge in [-0.25, -0.2) is 0 Å². The van der Waals surface area contributed by atoms with E-state index in [1.54, 1.807) is 24.5 Å². The second-order valence-electron chi connectivity index (χ2n) is 7.14. The second kappa shape index (κ2) is 8.98. The first-order valence-electron chi connectivity index (χ1n) is 9.72. The molecule has 7 heteroatoms. The molecule has 3 atom stereocenters. The van der Waals surface area contributed by atoms with Crippen LogP contribution in [0.1, 0.15) is 28.9 Å². The summed E-state index contributed by atoms with van der Waals surface area (Å²) >= 11 is 0. The largest absolute Gasteiger partial charge is 0.390 e. The number of pyridine rings is 1. The second-order valence-corrected chi connectivity index (χ2v) is 7.14. The number of carbonyl (C=O) groups is 1. The van der Waals surface area contributed by atoms with E-state index in [2.05, 4.69) is 15.5 Å². The number of ether oxygens (including phenoxy) is 1. The normalized spacial score (nSPS) is 21.6. The van der Waals surface area contributed by atoms with Gasteiger partial charge in [-0.15, -0.1) is 0 Å². The zero-order valence-electron chi connectivity index (χ0n) is 15.9. The molecule has 0 radical (unpaired) electrons. The fraction of sp³-hybridized carbons (Fsp3) is 0.318. The average molecular weight is 393 g/mol. The molecule has 0 saturated carbocycles. The quantitative estimate of drug-likeness (QED) is 0.668. The number of nitrogens with zero attached hydrogens (tertiary/aromatic N) is 2. The summed E-state index contributed by atoms with van der Waals surface area (Å²) in [5.41, 5.74) is 2.31. The van der Waals surface area contributed by atoms with Gasteiger partial charge in [-0.05, 0) is 25.0 Å². The molecule has 2 N–H and O–H groups in total. The van der Waals surface area contributed by atoms with E-state index in [9.17, 15) is 9.90 Å². The smallest absolute Gasteiger partial charge is 0.251 e. The summed E-state index contributed by atoms with van der Waals surface area (Å²) in [7, 11) is 0. The van der Waals surface area contributed by atoms with Crippen molar-refractivity contribution < 1.29 is 19.2 Å². The van der Waals surface area contributed by atoms with E-state index >= 15 is 0 Å². The lowest BCUT2D eigenvalue weighted by Crippen LogP contribution is -2.46. The van der Waals surface area contributed by atoms with Crippen molar-refractivity contribution in [3.8, 4) is 11.3 Å². The molecule has 1 aliphatic rings. The molecule has 0 bridgehead atoms. The molecular formula is C22H23N3O4. The molecule has 0 spiro atoms. The third kappa shape index (κ3) is 4.88. The molecule has 1 aromatic carbocycles. The topological polar surface area (TPSA) is 97.5 Å². The van der Waals surface area contributed by atoms with Crippen LogP contribution < -0.4 is 5.32 Å². The summed E-state index contributed by atoms with van der Waals surface area (Å²) in [6.45, 7) is 0.243. The van der Waals surface area contributed by atoms with Gasteiger partial charge in [-0.2, -0.15) is 0 Å². The fourth-order valence-corrected chi connectivity index (χ4v) is 3.46. The van der Waals surface area contributed by atoms with Crippen molar-refractivity contribution in [3.05, 3.63) is 72.2 Å². The number of rotatable bonds is 6. The zero-order chi connectivity index (χ0) is 20.1. The van der Waals surface area contributed by atoms with Crippen molar-refractivity contribution in [3.63, 3.8) is 0 Å². The molecule has 4 rings (SSSR count). The Balaban J connectivity index is 1.33. The first kappa shape index (κ1) is 19.3. The summed E-state index contributed by atoms with van der Waals surface area (Å²) in [5, 5.41) is 17.2. The number of amides is 1. The van der Waals surface area contributed by atoms with E-state index in [1.165, 1.54) is 0 Å². The summed E-state index contributed by atoms with van der Waals surface area (Å²) in [5.74, 6) is 0.506. The fourth-order valence-electron chi connectivity index (χ4n) is 3.46. The number of aliphatic hydroxyl groups excluding tert-OH is 1. The lowest BCUT2D eigenvalue weighted by molar-refractivity contribution is -0.114. The van der Waals surface area contributed by atoms with Gasteiger partial charge < -0.3 is 19.7 Å². The third-order valence-corrected chi connectivity index (χ3v) is 5.04. The molecule has 3 unspecified atom stereocenters. The molecule has 3 aromatic rings. The van der Waals surface area contributed by atoms with E-state index in [0.29, 0.717) is 18.4 Å². The molecule has 2 aromatic heterocycles. The Morgan fingerprint density at radius 3 is 2.72 bits per heavy atom. The van der Waals surface area contributed by atoms with Crippen LogP contribution in [0.5, 0.6) is 0 Å².